The number of hydrogen-bond acceptors (Lipinski definition) is 5. The molecule has 30 heavy (non-hydrogen) atoms. The maximum atomic E-state index is 13.8. The van der Waals surface area contributed by atoms with Crippen LogP contribution >= 0.6 is 15.9 Å². The van der Waals surface area contributed by atoms with Crippen LogP contribution in [-0.2, 0) is 24.3 Å². The number of carbonyl (C=O) groups excluding carboxylic acids is 2. The van der Waals surface area contributed by atoms with E-state index in [9.17, 15) is 22.4 Å². The first-order valence-corrected chi connectivity index (χ1v) is 11.1. The van der Waals surface area contributed by atoms with E-state index in [-0.39, 0.29) is 5.69 Å². The van der Waals surface area contributed by atoms with Crippen LogP contribution in [-0.4, -0.2) is 32.9 Å². The fourth-order valence-corrected chi connectivity index (χ4v) is 3.26. The Hall–Kier alpha value is -2.56. The summed E-state index contributed by atoms with van der Waals surface area (Å²) in [5.74, 6) is -2.38. The molecule has 2 rings (SSSR count). The number of hydrogen-bond donors (Lipinski definition) is 2. The highest BCUT2D eigenvalue weighted by Gasteiger charge is 2.20. The second-order valence-corrected chi connectivity index (χ2v) is 8.89. The number of benzene rings is 2. The van der Waals surface area contributed by atoms with Gasteiger partial charge in [-0.1, -0.05) is 45.8 Å². The molecule has 160 valence electrons. The summed E-state index contributed by atoms with van der Waals surface area (Å²) >= 11 is 3.10. The molecule has 0 bridgehead atoms. The molecule has 10 heteroatoms. The topological polar surface area (TPSA) is 102 Å². The summed E-state index contributed by atoms with van der Waals surface area (Å²) in [5, 5.41) is 3.22. The van der Waals surface area contributed by atoms with Crippen molar-refractivity contribution in [1.29, 1.82) is 0 Å². The normalized spacial score (nSPS) is 12.5. The van der Waals surface area contributed by atoms with Crippen LogP contribution in [0.25, 0.3) is 6.08 Å². The summed E-state index contributed by atoms with van der Waals surface area (Å²) in [6.07, 6.45) is 0.129. The first kappa shape index (κ1) is 23.7. The monoisotopic (exact) mass is 498 g/mol. The lowest BCUT2D eigenvalue weighted by molar-refractivity contribution is -0.151. The zero-order valence-electron chi connectivity index (χ0n) is 16.2. The van der Waals surface area contributed by atoms with Gasteiger partial charge in [0.1, 0.15) is 12.4 Å². The fraction of sp³-hybridized carbons (Fsp3) is 0.200. The molecule has 7 nitrogen and oxygen atoms in total. The number of sulfonamides is 1. The minimum Gasteiger partial charge on any atom is -0.452 e. The molecule has 0 saturated carbocycles. The van der Waals surface area contributed by atoms with Crippen LogP contribution in [0.3, 0.4) is 0 Å². The molecule has 2 aromatic carbocycles. The SMILES string of the molecule is Cc1ccc(/C=C/S(=O)(=O)NCC(=O)OC(C)C(=O)Nc2ccc(Br)cc2F)cc1. The molecule has 1 amide bonds. The van der Waals surface area contributed by atoms with Gasteiger partial charge in [-0.05, 0) is 43.7 Å². The van der Waals surface area contributed by atoms with Gasteiger partial charge in [-0.25, -0.2) is 17.5 Å². The third kappa shape index (κ3) is 7.69. The quantitative estimate of drug-likeness (QED) is 0.543. The van der Waals surface area contributed by atoms with E-state index in [1.165, 1.54) is 31.2 Å². The Morgan fingerprint density at radius 1 is 1.20 bits per heavy atom. The van der Waals surface area contributed by atoms with Gasteiger partial charge in [0.2, 0.25) is 10.0 Å². The van der Waals surface area contributed by atoms with Gasteiger partial charge < -0.3 is 10.1 Å². The fourth-order valence-electron chi connectivity index (χ4n) is 2.17. The molecule has 1 unspecified atom stereocenters. The summed E-state index contributed by atoms with van der Waals surface area (Å²) in [6, 6.07) is 11.2. The molecule has 0 aliphatic heterocycles. The van der Waals surface area contributed by atoms with Gasteiger partial charge in [0, 0.05) is 9.88 Å². The predicted molar refractivity (Wildman–Crippen MR) is 115 cm³/mol. The van der Waals surface area contributed by atoms with E-state index >= 15 is 0 Å². The number of ether oxygens (including phenoxy) is 1. The van der Waals surface area contributed by atoms with E-state index in [0.29, 0.717) is 10.0 Å². The van der Waals surface area contributed by atoms with Crippen molar-refractivity contribution in [2.24, 2.45) is 0 Å². The average Bonchev–Trinajstić information content (AvgIpc) is 2.68. The Morgan fingerprint density at radius 2 is 1.87 bits per heavy atom. The first-order chi connectivity index (χ1) is 14.1. The van der Waals surface area contributed by atoms with Crippen molar-refractivity contribution in [2.75, 3.05) is 11.9 Å². The number of esters is 1. The van der Waals surface area contributed by atoms with Crippen molar-refractivity contribution in [3.8, 4) is 0 Å². The molecule has 0 radical (unpaired) electrons. The minimum atomic E-state index is -3.89. The molecule has 0 spiro atoms. The van der Waals surface area contributed by atoms with E-state index in [4.69, 9.17) is 4.74 Å². The molecule has 2 N–H and O–H groups in total. The van der Waals surface area contributed by atoms with Crippen LogP contribution in [0.1, 0.15) is 18.1 Å². The Labute approximate surface area is 182 Å². The van der Waals surface area contributed by atoms with E-state index in [2.05, 4.69) is 26.0 Å². The van der Waals surface area contributed by atoms with Gasteiger partial charge in [-0.3, -0.25) is 9.59 Å². The summed E-state index contributed by atoms with van der Waals surface area (Å²) < 4.78 is 45.2. The Bertz CT molecular complexity index is 1060. The molecule has 0 aliphatic carbocycles. The maximum Gasteiger partial charge on any atom is 0.321 e. The van der Waals surface area contributed by atoms with Crippen molar-refractivity contribution >= 4 is 49.6 Å². The summed E-state index contributed by atoms with van der Waals surface area (Å²) in [4.78, 5) is 23.9. The number of anilines is 1. The van der Waals surface area contributed by atoms with Crippen LogP contribution < -0.4 is 10.0 Å². The van der Waals surface area contributed by atoms with Crippen LogP contribution in [0.2, 0.25) is 0 Å². The van der Waals surface area contributed by atoms with Crippen LogP contribution in [0.5, 0.6) is 0 Å². The third-order valence-electron chi connectivity index (χ3n) is 3.80. The minimum absolute atomic E-state index is 0.0759. The van der Waals surface area contributed by atoms with Crippen LogP contribution in [0, 0.1) is 12.7 Å². The maximum absolute atomic E-state index is 13.8. The first-order valence-electron chi connectivity index (χ1n) is 8.75. The molecular weight excluding hydrogens is 479 g/mol. The molecule has 0 fully saturated rings. The second kappa shape index (κ2) is 10.5. The lowest BCUT2D eigenvalue weighted by Crippen LogP contribution is -2.35. The number of amides is 1. The van der Waals surface area contributed by atoms with Crippen molar-refractivity contribution in [1.82, 2.24) is 4.72 Å². The molecule has 0 aliphatic rings. The number of aryl methyl sites for hydroxylation is 1. The molecule has 2 aromatic rings. The summed E-state index contributed by atoms with van der Waals surface area (Å²) in [7, 11) is -3.89. The standard InChI is InChI=1S/C20H20BrFN2O5S/c1-13-3-5-15(6-4-13)9-10-30(27,28)23-12-19(25)29-14(2)20(26)24-18-8-7-16(21)11-17(18)22/h3-11,14,23H,12H2,1-2H3,(H,24,26)/b10-9+. The van der Waals surface area contributed by atoms with E-state index in [1.807, 2.05) is 19.1 Å². The van der Waals surface area contributed by atoms with Crippen LogP contribution in [0.15, 0.2) is 52.3 Å². The number of halogens is 2. The van der Waals surface area contributed by atoms with E-state index in [1.54, 1.807) is 12.1 Å². The van der Waals surface area contributed by atoms with Crippen molar-refractivity contribution in [3.63, 3.8) is 0 Å². The lowest BCUT2D eigenvalue weighted by Gasteiger charge is -2.14. The Balaban J connectivity index is 1.85. The number of carbonyl (C=O) groups is 2. The van der Waals surface area contributed by atoms with Crippen LogP contribution in [0.4, 0.5) is 10.1 Å². The zero-order valence-corrected chi connectivity index (χ0v) is 18.6. The highest BCUT2D eigenvalue weighted by atomic mass is 79.9. The van der Waals surface area contributed by atoms with E-state index in [0.717, 1.165) is 11.0 Å². The molecule has 0 heterocycles. The highest BCUT2D eigenvalue weighted by Crippen LogP contribution is 2.19. The van der Waals surface area contributed by atoms with Gasteiger partial charge in [0.05, 0.1) is 5.69 Å². The smallest absolute Gasteiger partial charge is 0.321 e. The number of nitrogens with one attached hydrogen (secondary N) is 2. The van der Waals surface area contributed by atoms with E-state index < -0.39 is 40.4 Å². The number of rotatable bonds is 8. The molecule has 0 saturated heterocycles. The Kier molecular flexibility index (Phi) is 8.27. The van der Waals surface area contributed by atoms with Gasteiger partial charge in [0.15, 0.2) is 6.10 Å². The second-order valence-electron chi connectivity index (χ2n) is 6.33. The van der Waals surface area contributed by atoms with Gasteiger partial charge in [-0.2, -0.15) is 0 Å². The van der Waals surface area contributed by atoms with Gasteiger partial charge in [0.25, 0.3) is 5.91 Å². The van der Waals surface area contributed by atoms with Crippen molar-refractivity contribution < 1.29 is 27.1 Å². The summed E-state index contributed by atoms with van der Waals surface area (Å²) in [6.45, 7) is 2.54. The third-order valence-corrected chi connectivity index (χ3v) is 5.34. The summed E-state index contributed by atoms with van der Waals surface area (Å²) in [5.41, 5.74) is 1.64. The van der Waals surface area contributed by atoms with Gasteiger partial charge >= 0.3 is 5.97 Å². The molecule has 1 atom stereocenters. The predicted octanol–water partition coefficient (Wildman–Crippen LogP) is 3.36. The molecular formula is C20H20BrFN2O5S. The zero-order chi connectivity index (χ0) is 22.3. The van der Waals surface area contributed by atoms with Crippen molar-refractivity contribution in [3.05, 3.63) is 69.3 Å². The molecule has 0 aromatic heterocycles. The van der Waals surface area contributed by atoms with Crippen molar-refractivity contribution in [2.45, 2.75) is 20.0 Å². The lowest BCUT2D eigenvalue weighted by atomic mass is 10.2. The largest absolute Gasteiger partial charge is 0.452 e. The van der Waals surface area contributed by atoms with Gasteiger partial charge in [-0.15, -0.1) is 0 Å². The average molecular weight is 499 g/mol. The highest BCUT2D eigenvalue weighted by molar-refractivity contribution is 9.10. The Morgan fingerprint density at radius 3 is 2.50 bits per heavy atom.